The quantitative estimate of drug-likeness (QED) is 0.646. The highest BCUT2D eigenvalue weighted by Gasteiger charge is 2.04. The van der Waals surface area contributed by atoms with Crippen LogP contribution in [0.2, 0.25) is 0 Å². The molecular weight excluding hydrogens is 218 g/mol. The molecule has 0 unspecified atom stereocenters. The molecule has 0 aliphatic carbocycles. The third-order valence-electron chi connectivity index (χ3n) is 2.30. The highest BCUT2D eigenvalue weighted by Crippen LogP contribution is 2.17. The van der Waals surface area contributed by atoms with Crippen molar-refractivity contribution >= 4 is 11.4 Å². The zero-order valence-electron chi connectivity index (χ0n) is 9.04. The second-order valence-electron chi connectivity index (χ2n) is 3.52. The fourth-order valence-corrected chi connectivity index (χ4v) is 1.43. The lowest BCUT2D eigenvalue weighted by atomic mass is 10.2. The Morgan fingerprint density at radius 2 is 2.00 bits per heavy atom. The lowest BCUT2D eigenvalue weighted by Crippen LogP contribution is -1.99. The van der Waals surface area contributed by atoms with Gasteiger partial charge >= 0.3 is 0 Å². The maximum absolute atomic E-state index is 10.6. The van der Waals surface area contributed by atoms with E-state index in [1.54, 1.807) is 24.5 Å². The molecule has 1 aromatic heterocycles. The van der Waals surface area contributed by atoms with E-state index in [0.717, 1.165) is 11.3 Å². The molecule has 5 nitrogen and oxygen atoms in total. The zero-order valence-corrected chi connectivity index (χ0v) is 9.04. The average molecular weight is 229 g/mol. The van der Waals surface area contributed by atoms with Gasteiger partial charge in [-0.25, -0.2) is 0 Å². The number of non-ortho nitro benzene ring substituents is 1. The van der Waals surface area contributed by atoms with Gasteiger partial charge in [-0.3, -0.25) is 15.1 Å². The van der Waals surface area contributed by atoms with E-state index in [0.29, 0.717) is 6.54 Å². The highest BCUT2D eigenvalue weighted by molar-refractivity contribution is 5.51. The van der Waals surface area contributed by atoms with Crippen LogP contribution in [0.4, 0.5) is 11.4 Å². The summed E-state index contributed by atoms with van der Waals surface area (Å²) in [5.41, 5.74) is 1.90. The topological polar surface area (TPSA) is 68.1 Å². The number of anilines is 1. The van der Waals surface area contributed by atoms with E-state index in [4.69, 9.17) is 0 Å². The van der Waals surface area contributed by atoms with Crippen LogP contribution in [0, 0.1) is 10.1 Å². The van der Waals surface area contributed by atoms with Crippen LogP contribution in [0.1, 0.15) is 5.56 Å². The standard InChI is InChI=1S/C12H11N3O2/c16-15(17)12-3-1-2-11(8-12)14-9-10-4-6-13-7-5-10/h1-8,14H,9H2. The Balaban J connectivity index is 2.04. The van der Waals surface area contributed by atoms with Crippen molar-refractivity contribution < 1.29 is 4.92 Å². The SMILES string of the molecule is O=[N+]([O-])c1cccc(NCc2ccncc2)c1. The molecule has 0 aliphatic rings. The fraction of sp³-hybridized carbons (Fsp3) is 0.0833. The number of rotatable bonds is 4. The molecule has 0 fully saturated rings. The molecule has 1 heterocycles. The summed E-state index contributed by atoms with van der Waals surface area (Å²) in [5, 5.41) is 13.7. The van der Waals surface area contributed by atoms with Crippen molar-refractivity contribution in [2.45, 2.75) is 6.54 Å². The summed E-state index contributed by atoms with van der Waals surface area (Å²) in [5.74, 6) is 0. The van der Waals surface area contributed by atoms with Crippen molar-refractivity contribution in [3.05, 3.63) is 64.5 Å². The van der Waals surface area contributed by atoms with E-state index in [9.17, 15) is 10.1 Å². The minimum absolute atomic E-state index is 0.0877. The summed E-state index contributed by atoms with van der Waals surface area (Å²) >= 11 is 0. The summed E-state index contributed by atoms with van der Waals surface area (Å²) in [6.07, 6.45) is 3.43. The highest BCUT2D eigenvalue weighted by atomic mass is 16.6. The summed E-state index contributed by atoms with van der Waals surface area (Å²) in [4.78, 5) is 14.1. The monoisotopic (exact) mass is 229 g/mol. The number of hydrogen-bond acceptors (Lipinski definition) is 4. The Labute approximate surface area is 98.3 Å². The zero-order chi connectivity index (χ0) is 12.1. The van der Waals surface area contributed by atoms with Crippen LogP contribution in [0.5, 0.6) is 0 Å². The van der Waals surface area contributed by atoms with Gasteiger partial charge in [-0.1, -0.05) is 6.07 Å². The lowest BCUT2D eigenvalue weighted by molar-refractivity contribution is -0.384. The van der Waals surface area contributed by atoms with Gasteiger partial charge in [-0.05, 0) is 23.8 Å². The second kappa shape index (κ2) is 5.07. The Bertz CT molecular complexity index is 514. The van der Waals surface area contributed by atoms with Gasteiger partial charge in [0.15, 0.2) is 0 Å². The number of benzene rings is 1. The van der Waals surface area contributed by atoms with Gasteiger partial charge in [-0.15, -0.1) is 0 Å². The minimum Gasteiger partial charge on any atom is -0.381 e. The summed E-state index contributed by atoms with van der Waals surface area (Å²) < 4.78 is 0. The number of nitro benzene ring substituents is 1. The number of pyridine rings is 1. The largest absolute Gasteiger partial charge is 0.381 e. The summed E-state index contributed by atoms with van der Waals surface area (Å²) in [7, 11) is 0. The van der Waals surface area contributed by atoms with E-state index >= 15 is 0 Å². The van der Waals surface area contributed by atoms with Gasteiger partial charge in [0.2, 0.25) is 0 Å². The molecule has 0 saturated carbocycles. The van der Waals surface area contributed by atoms with Gasteiger partial charge in [0.05, 0.1) is 4.92 Å². The number of aromatic nitrogens is 1. The molecule has 0 radical (unpaired) electrons. The Kier molecular flexibility index (Phi) is 3.30. The summed E-state index contributed by atoms with van der Waals surface area (Å²) in [6.45, 7) is 0.615. The first kappa shape index (κ1) is 11.1. The minimum atomic E-state index is -0.405. The molecule has 0 aliphatic heterocycles. The fourth-order valence-electron chi connectivity index (χ4n) is 1.43. The Hall–Kier alpha value is -2.43. The second-order valence-corrected chi connectivity index (χ2v) is 3.52. The molecule has 1 aromatic carbocycles. The first-order chi connectivity index (χ1) is 8.25. The molecular formula is C12H11N3O2. The van der Waals surface area contributed by atoms with Crippen LogP contribution in [0.15, 0.2) is 48.8 Å². The third-order valence-corrected chi connectivity index (χ3v) is 2.30. The molecule has 0 atom stereocenters. The number of nitrogens with one attached hydrogen (secondary N) is 1. The van der Waals surface area contributed by atoms with Gasteiger partial charge in [0.1, 0.15) is 0 Å². The molecule has 17 heavy (non-hydrogen) atoms. The third kappa shape index (κ3) is 3.01. The van der Waals surface area contributed by atoms with Crippen molar-refractivity contribution in [3.8, 4) is 0 Å². The van der Waals surface area contributed by atoms with Crippen molar-refractivity contribution in [2.24, 2.45) is 0 Å². The van der Waals surface area contributed by atoms with Crippen LogP contribution >= 0.6 is 0 Å². The molecule has 5 heteroatoms. The van der Waals surface area contributed by atoms with E-state index in [2.05, 4.69) is 10.3 Å². The predicted molar refractivity (Wildman–Crippen MR) is 64.7 cm³/mol. The van der Waals surface area contributed by atoms with Crippen LogP contribution in [0.25, 0.3) is 0 Å². The average Bonchev–Trinajstić information content (AvgIpc) is 2.38. The first-order valence-corrected chi connectivity index (χ1v) is 5.13. The molecule has 0 spiro atoms. The number of nitrogens with zero attached hydrogens (tertiary/aromatic N) is 2. The predicted octanol–water partition coefficient (Wildman–Crippen LogP) is 2.60. The van der Waals surface area contributed by atoms with Crippen molar-refractivity contribution in [1.82, 2.24) is 4.98 Å². The van der Waals surface area contributed by atoms with Gasteiger partial charge in [0.25, 0.3) is 5.69 Å². The summed E-state index contributed by atoms with van der Waals surface area (Å²) in [6, 6.07) is 10.2. The van der Waals surface area contributed by atoms with Crippen LogP contribution in [-0.2, 0) is 6.54 Å². The molecule has 0 amide bonds. The van der Waals surface area contributed by atoms with Crippen molar-refractivity contribution in [2.75, 3.05) is 5.32 Å². The van der Waals surface area contributed by atoms with Crippen molar-refractivity contribution in [1.29, 1.82) is 0 Å². The van der Waals surface area contributed by atoms with Gasteiger partial charge in [-0.2, -0.15) is 0 Å². The lowest BCUT2D eigenvalue weighted by Gasteiger charge is -2.05. The smallest absolute Gasteiger partial charge is 0.271 e. The van der Waals surface area contributed by atoms with Gasteiger partial charge in [0, 0.05) is 36.8 Å². The van der Waals surface area contributed by atoms with Crippen molar-refractivity contribution in [3.63, 3.8) is 0 Å². The van der Waals surface area contributed by atoms with E-state index in [1.807, 2.05) is 12.1 Å². The van der Waals surface area contributed by atoms with E-state index in [1.165, 1.54) is 12.1 Å². The van der Waals surface area contributed by atoms with Gasteiger partial charge < -0.3 is 5.32 Å². The Morgan fingerprint density at radius 3 is 2.71 bits per heavy atom. The molecule has 1 N–H and O–H groups in total. The maximum atomic E-state index is 10.6. The van der Waals surface area contributed by atoms with Crippen LogP contribution in [0.3, 0.4) is 0 Å². The van der Waals surface area contributed by atoms with Crippen LogP contribution < -0.4 is 5.32 Å². The first-order valence-electron chi connectivity index (χ1n) is 5.13. The molecule has 2 rings (SSSR count). The van der Waals surface area contributed by atoms with E-state index < -0.39 is 4.92 Å². The Morgan fingerprint density at radius 1 is 1.24 bits per heavy atom. The number of nitro groups is 1. The molecule has 0 bridgehead atoms. The maximum Gasteiger partial charge on any atom is 0.271 e. The number of hydrogen-bond donors (Lipinski definition) is 1. The molecule has 0 saturated heterocycles. The molecule has 2 aromatic rings. The van der Waals surface area contributed by atoms with E-state index in [-0.39, 0.29) is 5.69 Å². The molecule has 86 valence electrons. The van der Waals surface area contributed by atoms with Crippen LogP contribution in [-0.4, -0.2) is 9.91 Å². The normalized spacial score (nSPS) is 9.88.